The van der Waals surface area contributed by atoms with Gasteiger partial charge < -0.3 is 4.74 Å². The van der Waals surface area contributed by atoms with E-state index in [0.717, 1.165) is 41.5 Å². The summed E-state index contributed by atoms with van der Waals surface area (Å²) in [6.45, 7) is 75.3. The van der Waals surface area contributed by atoms with E-state index in [-0.39, 0.29) is 27.4 Å². The molecule has 2 aromatic rings. The molecule has 1 aliphatic carbocycles. The molecule has 0 atom stereocenters. The Morgan fingerprint density at radius 1 is 0.372 bits per heavy atom. The number of halogens is 6. The van der Waals surface area contributed by atoms with Crippen molar-refractivity contribution in [3.8, 4) is 11.1 Å². The van der Waals surface area contributed by atoms with Crippen LogP contribution in [-0.4, -0.2) is 41.5 Å². The number of rotatable bonds is 0. The molecule has 0 aliphatic heterocycles. The summed E-state index contributed by atoms with van der Waals surface area (Å²) in [5, 5.41) is 0. The van der Waals surface area contributed by atoms with Crippen molar-refractivity contribution in [2.45, 2.75) is 308 Å². The van der Waals surface area contributed by atoms with Gasteiger partial charge in [0, 0.05) is 5.41 Å². The summed E-state index contributed by atoms with van der Waals surface area (Å²) >= 11 is 0. The van der Waals surface area contributed by atoms with E-state index in [1.54, 1.807) is 41.5 Å². The summed E-state index contributed by atoms with van der Waals surface area (Å²) in [5.41, 5.74) is 0.496. The fourth-order valence-electron chi connectivity index (χ4n) is 12.5. The highest BCUT2D eigenvalue weighted by molar-refractivity contribution is 7.94. The quantitative estimate of drug-likeness (QED) is 0.247. The van der Waals surface area contributed by atoms with Gasteiger partial charge in [0.25, 0.3) is 0 Å². The third-order valence-corrected chi connectivity index (χ3v) is 18.6. The highest BCUT2D eigenvalue weighted by Gasteiger charge is 2.79. The topological polar surface area (TPSA) is 43.4 Å². The maximum atomic E-state index is 13.1. The fourth-order valence-corrected chi connectivity index (χ4v) is 14.4. The van der Waals surface area contributed by atoms with Crippen molar-refractivity contribution in [3.63, 3.8) is 0 Å². The number of hydrogen-bond donors (Lipinski definition) is 0. The van der Waals surface area contributed by atoms with Gasteiger partial charge in [-0.25, -0.2) is 8.42 Å². The number of sulfone groups is 1. The van der Waals surface area contributed by atoms with E-state index in [4.69, 9.17) is 4.74 Å². The first-order chi connectivity index (χ1) is 33.1. The molecule has 0 bridgehead atoms. The molecular weight excluding hydrogens is 1010 g/mol. The van der Waals surface area contributed by atoms with Crippen LogP contribution in [0.4, 0.5) is 26.3 Å². The number of fused-ring (bicyclic) bond motifs is 3. The Morgan fingerprint density at radius 2 is 0.603 bits per heavy atom. The molecule has 0 spiro atoms. The molecule has 0 radical (unpaired) electrons. The molecular formula is C68H124F6O3S. The lowest BCUT2D eigenvalue weighted by Gasteiger charge is -2.54. The van der Waals surface area contributed by atoms with Crippen molar-refractivity contribution in [2.75, 3.05) is 0 Å². The maximum absolute atomic E-state index is 13.1. The molecule has 0 heterocycles. The minimum Gasteiger partial charge on any atom is -0.370 e. The Bertz CT molecular complexity index is 2030. The Labute approximate surface area is 480 Å². The van der Waals surface area contributed by atoms with Crippen LogP contribution in [0.3, 0.4) is 0 Å². The largest absolute Gasteiger partial charge is 0.404 e. The maximum Gasteiger partial charge on any atom is 0.404 e. The number of benzene rings is 2. The molecule has 1 aliphatic rings. The highest BCUT2D eigenvalue weighted by atomic mass is 32.2. The van der Waals surface area contributed by atoms with Crippen molar-refractivity contribution < 1.29 is 39.5 Å². The average Bonchev–Trinajstić information content (AvgIpc) is 3.38. The summed E-state index contributed by atoms with van der Waals surface area (Å²) < 4.78 is 107. The third kappa shape index (κ3) is 20.7. The van der Waals surface area contributed by atoms with E-state index in [1.165, 1.54) is 28.7 Å². The van der Waals surface area contributed by atoms with Crippen molar-refractivity contribution in [1.29, 1.82) is 0 Å². The summed E-state index contributed by atoms with van der Waals surface area (Å²) in [4.78, 5) is 0. The Kier molecular flexibility index (Phi) is 25.7. The Morgan fingerprint density at radius 3 is 0.692 bits per heavy atom. The van der Waals surface area contributed by atoms with Gasteiger partial charge in [-0.3, -0.25) is 0 Å². The molecule has 0 fully saturated rings. The van der Waals surface area contributed by atoms with Crippen molar-refractivity contribution in [1.82, 2.24) is 0 Å². The van der Waals surface area contributed by atoms with Crippen LogP contribution in [0, 0.1) is 54.1 Å². The predicted molar refractivity (Wildman–Crippen MR) is 330 cm³/mol. The van der Waals surface area contributed by atoms with Gasteiger partial charge in [-0.2, -0.15) is 26.3 Å². The first-order valence-electron chi connectivity index (χ1n) is 28.4. The van der Waals surface area contributed by atoms with Gasteiger partial charge in [-0.1, -0.05) is 229 Å². The van der Waals surface area contributed by atoms with Crippen LogP contribution in [0.5, 0.6) is 0 Å². The number of alkyl halides is 6. The predicted octanol–water partition coefficient (Wildman–Crippen LogP) is 23.4. The molecule has 2 aromatic carbocycles. The fraction of sp³-hybridized carbons (Fsp3) is 0.824. The molecule has 462 valence electrons. The van der Waals surface area contributed by atoms with Crippen LogP contribution < -0.4 is 0 Å². The molecule has 0 amide bonds. The summed E-state index contributed by atoms with van der Waals surface area (Å²) in [6, 6.07) is 18.0. The molecule has 0 unspecified atom stereocenters. The van der Waals surface area contributed by atoms with Crippen LogP contribution in [0.25, 0.3) is 11.1 Å². The monoisotopic (exact) mass is 1130 g/mol. The molecule has 0 N–H and O–H groups in total. The molecule has 0 saturated carbocycles. The van der Waals surface area contributed by atoms with E-state index in [1.807, 2.05) is 0 Å². The van der Waals surface area contributed by atoms with E-state index < -0.39 is 47.9 Å². The highest BCUT2D eigenvalue weighted by Crippen LogP contribution is 2.68. The van der Waals surface area contributed by atoms with Crippen molar-refractivity contribution in [3.05, 3.63) is 59.7 Å². The Hall–Kier alpha value is -2.07. The second kappa shape index (κ2) is 25.0. The van der Waals surface area contributed by atoms with Gasteiger partial charge in [-0.15, -0.1) is 0 Å². The van der Waals surface area contributed by atoms with Gasteiger partial charge in [0.2, 0.25) is 0 Å². The average molecular weight is 1140 g/mol. The minimum absolute atomic E-state index is 0.0156. The lowest BCUT2D eigenvalue weighted by molar-refractivity contribution is -0.403. The lowest BCUT2D eigenvalue weighted by atomic mass is 9.50. The number of ether oxygens (including phenoxy) is 1. The normalized spacial score (nSPS) is 15.5. The smallest absolute Gasteiger partial charge is 0.370 e. The molecule has 78 heavy (non-hydrogen) atoms. The zero-order valence-electron chi connectivity index (χ0n) is 57.7. The molecule has 0 aromatic heterocycles. The Balaban J connectivity index is -0.000000897. The first kappa shape index (κ1) is 80.2. The second-order valence-electron chi connectivity index (χ2n) is 35.1. The summed E-state index contributed by atoms with van der Waals surface area (Å²) in [5.74, 6) is 0. The van der Waals surface area contributed by atoms with Gasteiger partial charge in [-0.05, 0) is 160 Å². The SMILES string of the molecule is CC(C)(C)C(C(C)(C)C)(C(F)(F)F)C(F)(F)F.CC(C)(C)C(C)(C)C(C)(C)C.CC(C)(C)C1(C(C)(C)C)c2ccccc2-c2ccccc21.CC(C)(C)CC(C)(C)C.CC(C)(C)OC(C)(C)C.CC(C)(C)S(=O)(=O)C(C)(C)C. The van der Waals surface area contributed by atoms with Crippen LogP contribution in [-0.2, 0) is 20.0 Å². The summed E-state index contributed by atoms with van der Waals surface area (Å²) in [6.07, 6.45) is -9.43. The molecule has 0 saturated heterocycles. The second-order valence-corrected chi connectivity index (χ2v) is 38.5. The first-order valence-corrected chi connectivity index (χ1v) is 29.9. The van der Waals surface area contributed by atoms with Gasteiger partial charge in [0.15, 0.2) is 15.3 Å². The van der Waals surface area contributed by atoms with E-state index in [2.05, 4.69) is 229 Å². The van der Waals surface area contributed by atoms with Crippen LogP contribution in [0.1, 0.15) is 281 Å². The third-order valence-electron chi connectivity index (χ3n) is 15.3. The zero-order chi connectivity index (χ0) is 64.4. The van der Waals surface area contributed by atoms with Crippen molar-refractivity contribution in [2.24, 2.45) is 54.1 Å². The van der Waals surface area contributed by atoms with Crippen LogP contribution in [0.15, 0.2) is 48.5 Å². The van der Waals surface area contributed by atoms with Crippen LogP contribution >= 0.6 is 0 Å². The minimum atomic E-state index is -5.36. The van der Waals surface area contributed by atoms with E-state index >= 15 is 0 Å². The number of hydrogen-bond acceptors (Lipinski definition) is 3. The lowest BCUT2D eigenvalue weighted by Crippen LogP contribution is -2.64. The van der Waals surface area contributed by atoms with Crippen LogP contribution in [0.2, 0.25) is 0 Å². The molecule has 10 heteroatoms. The van der Waals surface area contributed by atoms with Gasteiger partial charge >= 0.3 is 12.4 Å². The summed E-state index contributed by atoms with van der Waals surface area (Å²) in [7, 11) is -3.01. The standard InChI is InChI=1S/C21H26.C11H18F6.C11H24.C9H20.C8H18O2S.C8H18O/c1-19(2,3)21(20(4,5)6)17-13-9-7-11-15(17)16-12-8-10-14-18(16)21;1-7(2,3)9(8(4,5)6,10(12,13)14)11(15,16)17;1-9(2,3)11(7,8)10(4,5)6;1-8(2,3)7-9(4,5)6;1-7(2,3)11(9,10)8(4,5)6;1-7(2,3)9-8(4,5)6/h7-14H,1-6H3;1-6H3;1-8H3;7H2,1-6H3;1-6H3;1-6H3. The van der Waals surface area contributed by atoms with Gasteiger partial charge in [0.1, 0.15) is 0 Å². The molecule has 3 nitrogen and oxygen atoms in total. The van der Waals surface area contributed by atoms with E-state index in [9.17, 15) is 34.8 Å². The zero-order valence-corrected chi connectivity index (χ0v) is 58.5. The van der Waals surface area contributed by atoms with E-state index in [0.29, 0.717) is 27.1 Å². The van der Waals surface area contributed by atoms with Gasteiger partial charge in [0.05, 0.1) is 20.7 Å². The molecule has 3 rings (SSSR count). The van der Waals surface area contributed by atoms with Crippen molar-refractivity contribution >= 4 is 9.84 Å².